The van der Waals surface area contributed by atoms with Gasteiger partial charge in [-0.05, 0) is 18.4 Å². The number of Topliss-reactive ketones (excluding diaryl/α,β-unsaturated/α-hetero) is 2. The van der Waals surface area contributed by atoms with Crippen molar-refractivity contribution >= 4 is 11.6 Å². The van der Waals surface area contributed by atoms with Gasteiger partial charge >= 0.3 is 0 Å². The molecule has 3 aromatic rings. The minimum Gasteiger partial charge on any atom is -0.377 e. The van der Waals surface area contributed by atoms with Gasteiger partial charge in [0.15, 0.2) is 11.6 Å². The van der Waals surface area contributed by atoms with Gasteiger partial charge in [0.05, 0.1) is 6.10 Å². The van der Waals surface area contributed by atoms with Gasteiger partial charge in [-0.1, -0.05) is 91.0 Å². The van der Waals surface area contributed by atoms with Gasteiger partial charge in [0.1, 0.15) is 0 Å². The second-order valence-electron chi connectivity index (χ2n) is 9.46. The SMILES string of the molecule is O=C(c1ccccc1)[C@H]1CN(CC2CCCO2)C[C@@H](C(=O)c2ccccc2)[C@H]1c1ccccc1. The average Bonchev–Trinajstić information content (AvgIpc) is 3.42. The number of hydrogen-bond acceptors (Lipinski definition) is 4. The van der Waals surface area contributed by atoms with Crippen LogP contribution in [-0.4, -0.2) is 48.8 Å². The number of piperidine rings is 1. The highest BCUT2D eigenvalue weighted by Gasteiger charge is 2.45. The van der Waals surface area contributed by atoms with Gasteiger partial charge in [-0.25, -0.2) is 0 Å². The minimum absolute atomic E-state index is 0.109. The van der Waals surface area contributed by atoms with E-state index in [0.29, 0.717) is 24.2 Å². The van der Waals surface area contributed by atoms with E-state index in [9.17, 15) is 9.59 Å². The third kappa shape index (κ3) is 4.89. The predicted molar refractivity (Wildman–Crippen MR) is 133 cm³/mol. The summed E-state index contributed by atoms with van der Waals surface area (Å²) in [4.78, 5) is 30.1. The van der Waals surface area contributed by atoms with E-state index < -0.39 is 0 Å². The second kappa shape index (κ2) is 10.5. The number of carbonyl (C=O) groups is 2. The molecule has 0 spiro atoms. The van der Waals surface area contributed by atoms with Crippen LogP contribution >= 0.6 is 0 Å². The monoisotopic (exact) mass is 453 g/mol. The van der Waals surface area contributed by atoms with E-state index in [-0.39, 0.29) is 35.4 Å². The van der Waals surface area contributed by atoms with E-state index in [1.54, 1.807) is 0 Å². The quantitative estimate of drug-likeness (QED) is 0.458. The molecule has 174 valence electrons. The molecule has 0 amide bonds. The third-order valence-corrected chi connectivity index (χ3v) is 7.24. The maximum atomic E-state index is 13.9. The van der Waals surface area contributed by atoms with Crippen LogP contribution in [0.5, 0.6) is 0 Å². The van der Waals surface area contributed by atoms with E-state index in [1.807, 2.05) is 78.9 Å². The Labute approximate surface area is 201 Å². The molecule has 2 aliphatic rings. The van der Waals surface area contributed by atoms with Gasteiger partial charge in [0.25, 0.3) is 0 Å². The number of carbonyl (C=O) groups excluding carboxylic acids is 2. The fourth-order valence-electron chi connectivity index (χ4n) is 5.63. The van der Waals surface area contributed by atoms with E-state index in [4.69, 9.17) is 4.74 Å². The Kier molecular flexibility index (Phi) is 6.98. The molecule has 1 unspecified atom stereocenters. The summed E-state index contributed by atoms with van der Waals surface area (Å²) in [5.74, 6) is -0.577. The van der Waals surface area contributed by atoms with Gasteiger partial charge in [-0.3, -0.25) is 14.5 Å². The van der Waals surface area contributed by atoms with Crippen LogP contribution < -0.4 is 0 Å². The summed E-state index contributed by atoms with van der Waals surface area (Å²) in [6, 6.07) is 29.2. The van der Waals surface area contributed by atoms with Gasteiger partial charge in [-0.2, -0.15) is 0 Å². The molecule has 0 aromatic heterocycles. The fraction of sp³-hybridized carbons (Fsp3) is 0.333. The van der Waals surface area contributed by atoms with Crippen molar-refractivity contribution in [2.24, 2.45) is 11.8 Å². The van der Waals surface area contributed by atoms with Crippen molar-refractivity contribution in [3.05, 3.63) is 108 Å². The van der Waals surface area contributed by atoms with E-state index in [1.165, 1.54) is 0 Å². The number of nitrogens with zero attached hydrogens (tertiary/aromatic N) is 1. The lowest BCUT2D eigenvalue weighted by Crippen LogP contribution is -2.52. The highest BCUT2D eigenvalue weighted by atomic mass is 16.5. The molecule has 2 fully saturated rings. The first-order valence-corrected chi connectivity index (χ1v) is 12.3. The summed E-state index contributed by atoms with van der Waals surface area (Å²) >= 11 is 0. The van der Waals surface area contributed by atoms with E-state index >= 15 is 0 Å². The largest absolute Gasteiger partial charge is 0.377 e. The highest BCUT2D eigenvalue weighted by Crippen LogP contribution is 2.41. The number of ketones is 2. The summed E-state index contributed by atoms with van der Waals surface area (Å²) in [6.45, 7) is 2.82. The Morgan fingerprint density at radius 1 is 0.735 bits per heavy atom. The number of ether oxygens (including phenoxy) is 1. The van der Waals surface area contributed by atoms with E-state index in [0.717, 1.165) is 31.6 Å². The molecule has 0 aliphatic carbocycles. The Morgan fingerprint density at radius 3 is 1.71 bits per heavy atom. The number of benzene rings is 3. The number of hydrogen-bond donors (Lipinski definition) is 0. The van der Waals surface area contributed by atoms with Gasteiger partial charge in [0.2, 0.25) is 0 Å². The first kappa shape index (κ1) is 22.7. The molecular weight excluding hydrogens is 422 g/mol. The smallest absolute Gasteiger partial charge is 0.167 e. The molecule has 34 heavy (non-hydrogen) atoms. The highest BCUT2D eigenvalue weighted by molar-refractivity contribution is 6.02. The van der Waals surface area contributed by atoms with Gasteiger partial charge < -0.3 is 4.74 Å². The van der Waals surface area contributed by atoms with Crippen molar-refractivity contribution in [2.75, 3.05) is 26.2 Å². The molecule has 4 heteroatoms. The van der Waals surface area contributed by atoms with Crippen LogP contribution in [-0.2, 0) is 4.74 Å². The average molecular weight is 454 g/mol. The second-order valence-corrected chi connectivity index (χ2v) is 9.46. The molecule has 3 aromatic carbocycles. The van der Waals surface area contributed by atoms with Crippen molar-refractivity contribution in [3.63, 3.8) is 0 Å². The first-order valence-electron chi connectivity index (χ1n) is 12.3. The minimum atomic E-state index is -0.308. The summed E-state index contributed by atoms with van der Waals surface area (Å²) in [7, 11) is 0. The maximum absolute atomic E-state index is 13.9. The van der Waals surface area contributed by atoms with Crippen LogP contribution in [0, 0.1) is 11.8 Å². The zero-order valence-corrected chi connectivity index (χ0v) is 19.4. The molecule has 2 aliphatic heterocycles. The number of rotatable bonds is 7. The first-order chi connectivity index (χ1) is 16.7. The molecule has 4 nitrogen and oxygen atoms in total. The lowest BCUT2D eigenvalue weighted by molar-refractivity contribution is 0.0307. The summed E-state index contributed by atoms with van der Waals surface area (Å²) < 4.78 is 5.92. The Hall–Kier alpha value is -3.08. The normalized spacial score (nSPS) is 25.2. The fourth-order valence-corrected chi connectivity index (χ4v) is 5.63. The van der Waals surface area contributed by atoms with Gasteiger partial charge in [0, 0.05) is 55.1 Å². The summed E-state index contributed by atoms with van der Waals surface area (Å²) in [5, 5.41) is 0. The van der Waals surface area contributed by atoms with Crippen LogP contribution in [0.25, 0.3) is 0 Å². The topological polar surface area (TPSA) is 46.6 Å². The molecule has 2 saturated heterocycles. The van der Waals surface area contributed by atoms with Crippen molar-refractivity contribution in [1.29, 1.82) is 0 Å². The molecule has 0 radical (unpaired) electrons. The molecule has 0 N–H and O–H groups in total. The standard InChI is InChI=1S/C30H31NO3/c32-29(23-13-6-2-7-14-23)26-20-31(19-25-17-10-18-34-25)21-27(28(26)22-11-4-1-5-12-22)30(33)24-15-8-3-9-16-24/h1-9,11-16,25-28H,10,17-21H2/t25?,26-,27+,28-. The van der Waals surface area contributed by atoms with Crippen LogP contribution in [0.3, 0.4) is 0 Å². The van der Waals surface area contributed by atoms with Crippen LogP contribution in [0.15, 0.2) is 91.0 Å². The Balaban J connectivity index is 1.55. The molecule has 0 bridgehead atoms. The maximum Gasteiger partial charge on any atom is 0.167 e. The van der Waals surface area contributed by atoms with Gasteiger partial charge in [-0.15, -0.1) is 0 Å². The lowest BCUT2D eigenvalue weighted by atomic mass is 9.68. The van der Waals surface area contributed by atoms with Crippen molar-refractivity contribution in [1.82, 2.24) is 4.90 Å². The summed E-state index contributed by atoms with van der Waals surface area (Å²) in [6.07, 6.45) is 2.28. The third-order valence-electron chi connectivity index (χ3n) is 7.24. The Bertz CT molecular complexity index is 1030. The molecule has 4 atom stereocenters. The van der Waals surface area contributed by atoms with Crippen molar-refractivity contribution < 1.29 is 14.3 Å². The predicted octanol–water partition coefficient (Wildman–Crippen LogP) is 5.26. The van der Waals surface area contributed by atoms with Crippen LogP contribution in [0.4, 0.5) is 0 Å². The molecule has 2 heterocycles. The summed E-state index contributed by atoms with van der Waals surface area (Å²) in [5.41, 5.74) is 2.47. The van der Waals surface area contributed by atoms with Crippen molar-refractivity contribution in [2.45, 2.75) is 24.9 Å². The van der Waals surface area contributed by atoms with Crippen LogP contribution in [0.1, 0.15) is 45.0 Å². The molecule has 0 saturated carbocycles. The zero-order valence-electron chi connectivity index (χ0n) is 19.4. The zero-order chi connectivity index (χ0) is 23.3. The van der Waals surface area contributed by atoms with E-state index in [2.05, 4.69) is 17.0 Å². The Morgan fingerprint density at radius 2 is 1.24 bits per heavy atom. The van der Waals surface area contributed by atoms with Crippen LogP contribution in [0.2, 0.25) is 0 Å². The molecular formula is C30H31NO3. The lowest BCUT2D eigenvalue weighted by Gasteiger charge is -2.43. The van der Waals surface area contributed by atoms with Crippen molar-refractivity contribution in [3.8, 4) is 0 Å². The molecule has 5 rings (SSSR count). The number of likely N-dealkylation sites (tertiary alicyclic amines) is 1.